The van der Waals surface area contributed by atoms with Crippen LogP contribution in [0.2, 0.25) is 0 Å². The second kappa shape index (κ2) is 5.72. The number of benzene rings is 2. The van der Waals surface area contributed by atoms with Crippen molar-refractivity contribution in [2.75, 3.05) is 12.9 Å². The fourth-order valence-corrected chi connectivity index (χ4v) is 4.09. The highest BCUT2D eigenvalue weighted by molar-refractivity contribution is 8.23. The van der Waals surface area contributed by atoms with Crippen LogP contribution >= 0.6 is 23.5 Å². The summed E-state index contributed by atoms with van der Waals surface area (Å²) in [4.78, 5) is 5.27. The summed E-state index contributed by atoms with van der Waals surface area (Å²) in [5.74, 6) is 0.478. The van der Waals surface area contributed by atoms with E-state index >= 15 is 0 Å². The third-order valence-electron chi connectivity index (χ3n) is 3.38. The molecular weight excluding hydrogens is 340 g/mol. The number of rotatable bonds is 4. The number of hydrogen-bond acceptors (Lipinski definition) is 5. The lowest BCUT2D eigenvalue weighted by Crippen LogP contribution is -1.89. The summed E-state index contributed by atoms with van der Waals surface area (Å²) in [5.41, 5.74) is 0.716. The van der Waals surface area contributed by atoms with Crippen LogP contribution in [0.4, 0.5) is 8.78 Å². The number of thioether (sulfide) groups is 2. The highest BCUT2D eigenvalue weighted by Crippen LogP contribution is 2.45. The van der Waals surface area contributed by atoms with Crippen molar-refractivity contribution in [1.82, 2.24) is 4.98 Å². The van der Waals surface area contributed by atoms with Crippen molar-refractivity contribution < 1.29 is 17.9 Å². The molecule has 0 radical (unpaired) electrons. The first kappa shape index (κ1) is 14.8. The van der Waals surface area contributed by atoms with Gasteiger partial charge in [0.25, 0.3) is 0 Å². The van der Waals surface area contributed by atoms with Crippen molar-refractivity contribution in [2.24, 2.45) is 0 Å². The van der Waals surface area contributed by atoms with Crippen molar-refractivity contribution in [1.29, 1.82) is 0 Å². The second-order valence-corrected chi connectivity index (χ2v) is 7.81. The fraction of sp³-hybridized carbons (Fsp3) is 0.188. The van der Waals surface area contributed by atoms with Crippen LogP contribution in [0.5, 0.6) is 5.75 Å². The van der Waals surface area contributed by atoms with Gasteiger partial charge in [-0.1, -0.05) is 0 Å². The summed E-state index contributed by atoms with van der Waals surface area (Å²) >= 11 is 3.64. The summed E-state index contributed by atoms with van der Waals surface area (Å²) in [6, 6.07) is 7.63. The first-order valence-electron chi connectivity index (χ1n) is 6.86. The Labute approximate surface area is 139 Å². The minimum atomic E-state index is -0.766. The van der Waals surface area contributed by atoms with Crippen LogP contribution in [-0.2, 0) is 0 Å². The van der Waals surface area contributed by atoms with Crippen LogP contribution in [-0.4, -0.2) is 22.4 Å². The molecule has 0 amide bonds. The first-order valence-corrected chi connectivity index (χ1v) is 8.79. The van der Waals surface area contributed by atoms with Gasteiger partial charge in [0, 0.05) is 22.8 Å². The van der Waals surface area contributed by atoms with Gasteiger partial charge in [-0.3, -0.25) is 0 Å². The molecule has 23 heavy (non-hydrogen) atoms. The number of hydrogen-bond donors (Lipinski definition) is 0. The lowest BCUT2D eigenvalue weighted by atomic mass is 10.2. The SMILES string of the molecule is COc1ccc(SC2CS2)cc1-c1nc2cc(F)cc(F)c2o1. The zero-order valence-corrected chi connectivity index (χ0v) is 13.6. The average molecular weight is 351 g/mol. The molecule has 2 heterocycles. The van der Waals surface area contributed by atoms with E-state index in [0.29, 0.717) is 15.9 Å². The zero-order valence-electron chi connectivity index (χ0n) is 12.0. The van der Waals surface area contributed by atoms with E-state index in [1.165, 1.54) is 0 Å². The number of aromatic nitrogens is 1. The van der Waals surface area contributed by atoms with Gasteiger partial charge in [-0.25, -0.2) is 13.8 Å². The summed E-state index contributed by atoms with van der Waals surface area (Å²) < 4.78 is 38.6. The predicted octanol–water partition coefficient (Wildman–Crippen LogP) is 4.95. The lowest BCUT2D eigenvalue weighted by molar-refractivity contribution is 0.414. The Hall–Kier alpha value is -1.73. The van der Waals surface area contributed by atoms with E-state index in [-0.39, 0.29) is 17.0 Å². The minimum Gasteiger partial charge on any atom is -0.496 e. The van der Waals surface area contributed by atoms with E-state index in [1.54, 1.807) is 18.9 Å². The molecule has 1 aliphatic heterocycles. The molecule has 1 atom stereocenters. The van der Waals surface area contributed by atoms with Gasteiger partial charge in [0.1, 0.15) is 17.1 Å². The second-order valence-electron chi connectivity index (χ2n) is 5.00. The first-order chi connectivity index (χ1) is 11.1. The quantitative estimate of drug-likeness (QED) is 0.622. The van der Waals surface area contributed by atoms with Gasteiger partial charge >= 0.3 is 0 Å². The maximum absolute atomic E-state index is 13.8. The van der Waals surface area contributed by atoms with E-state index in [0.717, 1.165) is 22.8 Å². The fourth-order valence-electron chi connectivity index (χ4n) is 2.26. The molecule has 1 aliphatic rings. The van der Waals surface area contributed by atoms with Gasteiger partial charge < -0.3 is 9.15 Å². The Morgan fingerprint density at radius 1 is 1.30 bits per heavy atom. The van der Waals surface area contributed by atoms with Crippen molar-refractivity contribution in [2.45, 2.75) is 9.48 Å². The number of halogens is 2. The molecule has 0 saturated carbocycles. The van der Waals surface area contributed by atoms with Gasteiger partial charge in [0.2, 0.25) is 5.89 Å². The molecule has 0 N–H and O–H groups in total. The molecule has 1 unspecified atom stereocenters. The van der Waals surface area contributed by atoms with Gasteiger partial charge in [0.05, 0.1) is 17.3 Å². The van der Waals surface area contributed by atoms with Crippen LogP contribution in [0.25, 0.3) is 22.6 Å². The molecule has 1 fully saturated rings. The summed E-state index contributed by atoms with van der Waals surface area (Å²) in [6.45, 7) is 0. The normalized spacial score (nSPS) is 16.7. The van der Waals surface area contributed by atoms with E-state index in [1.807, 2.05) is 30.0 Å². The molecular formula is C16H11F2NO2S2. The van der Waals surface area contributed by atoms with E-state index < -0.39 is 11.6 Å². The van der Waals surface area contributed by atoms with Gasteiger partial charge in [-0.15, -0.1) is 23.5 Å². The maximum Gasteiger partial charge on any atom is 0.231 e. The number of oxazole rings is 1. The molecule has 0 spiro atoms. The Balaban J connectivity index is 1.83. The van der Waals surface area contributed by atoms with Crippen LogP contribution in [0, 0.1) is 11.6 Å². The summed E-state index contributed by atoms with van der Waals surface area (Å²) in [7, 11) is 1.55. The predicted molar refractivity (Wildman–Crippen MR) is 88.0 cm³/mol. The topological polar surface area (TPSA) is 35.3 Å². The highest BCUT2D eigenvalue weighted by Gasteiger charge is 2.24. The van der Waals surface area contributed by atoms with E-state index in [2.05, 4.69) is 4.98 Å². The van der Waals surface area contributed by atoms with Crippen molar-refractivity contribution in [3.05, 3.63) is 42.0 Å². The van der Waals surface area contributed by atoms with Crippen LogP contribution < -0.4 is 4.74 Å². The van der Waals surface area contributed by atoms with Crippen LogP contribution in [0.1, 0.15) is 0 Å². The van der Waals surface area contributed by atoms with Gasteiger partial charge in [0.15, 0.2) is 11.4 Å². The average Bonchev–Trinajstić information content (AvgIpc) is 3.23. The van der Waals surface area contributed by atoms with Crippen molar-refractivity contribution in [3.63, 3.8) is 0 Å². The minimum absolute atomic E-state index is 0.0562. The lowest BCUT2D eigenvalue weighted by Gasteiger charge is -2.07. The molecule has 3 nitrogen and oxygen atoms in total. The Morgan fingerprint density at radius 3 is 2.87 bits per heavy atom. The molecule has 1 aromatic heterocycles. The third-order valence-corrected chi connectivity index (χ3v) is 5.88. The van der Waals surface area contributed by atoms with Crippen LogP contribution in [0.3, 0.4) is 0 Å². The molecule has 7 heteroatoms. The molecule has 0 bridgehead atoms. The Bertz CT molecular complexity index is 893. The van der Waals surface area contributed by atoms with Gasteiger partial charge in [-0.05, 0) is 18.2 Å². The number of ether oxygens (including phenoxy) is 1. The number of methoxy groups -OCH3 is 1. The molecule has 4 rings (SSSR count). The summed E-state index contributed by atoms with van der Waals surface area (Å²) in [5, 5.41) is 0. The standard InChI is InChI=1S/C16H11F2NO2S2/c1-20-13-3-2-9(23-14-7-22-14)6-10(13)16-19-12-5-8(17)4-11(18)15(12)21-16/h2-6,14H,7H2,1H3. The third kappa shape index (κ3) is 2.90. The highest BCUT2D eigenvalue weighted by atomic mass is 32.2. The molecule has 0 aliphatic carbocycles. The van der Waals surface area contributed by atoms with Crippen molar-refractivity contribution >= 4 is 34.6 Å². The van der Waals surface area contributed by atoms with E-state index in [4.69, 9.17) is 9.15 Å². The maximum atomic E-state index is 13.8. The monoisotopic (exact) mass is 351 g/mol. The van der Waals surface area contributed by atoms with Gasteiger partial charge in [-0.2, -0.15) is 0 Å². The largest absolute Gasteiger partial charge is 0.496 e. The van der Waals surface area contributed by atoms with Crippen molar-refractivity contribution in [3.8, 4) is 17.2 Å². The smallest absolute Gasteiger partial charge is 0.231 e. The molecule has 2 aromatic carbocycles. The number of fused-ring (bicyclic) bond motifs is 1. The molecule has 3 aromatic rings. The molecule has 118 valence electrons. The summed E-state index contributed by atoms with van der Waals surface area (Å²) in [6.07, 6.45) is 0. The molecule has 1 saturated heterocycles. The van der Waals surface area contributed by atoms with Crippen LogP contribution in [0.15, 0.2) is 39.6 Å². The Kier molecular flexibility index (Phi) is 3.69. The van der Waals surface area contributed by atoms with E-state index in [9.17, 15) is 8.78 Å². The number of nitrogens with zero attached hydrogens (tertiary/aromatic N) is 1. The Morgan fingerprint density at radius 2 is 2.13 bits per heavy atom. The zero-order chi connectivity index (χ0) is 16.0.